The number of anilines is 5. The van der Waals surface area contributed by atoms with Gasteiger partial charge in [0.25, 0.3) is 5.91 Å². The largest absolute Gasteiger partial charge is 0.464 e. The van der Waals surface area contributed by atoms with Gasteiger partial charge in [0.15, 0.2) is 0 Å². The van der Waals surface area contributed by atoms with Gasteiger partial charge in [-0.25, -0.2) is 4.79 Å². The van der Waals surface area contributed by atoms with E-state index in [9.17, 15) is 9.59 Å². The Kier molecular flexibility index (Phi) is 5.39. The predicted octanol–water partition coefficient (Wildman–Crippen LogP) is 6.10. The van der Waals surface area contributed by atoms with Crippen molar-refractivity contribution in [2.45, 2.75) is 13.8 Å². The van der Waals surface area contributed by atoms with Gasteiger partial charge < -0.3 is 30.7 Å². The smallest absolute Gasteiger partial charge is 0.323 e. The maximum absolute atomic E-state index is 12.5. The summed E-state index contributed by atoms with van der Waals surface area (Å²) >= 11 is 0. The number of aromatic amines is 1. The second-order valence-electron chi connectivity index (χ2n) is 8.01. The highest BCUT2D eigenvalue weighted by Crippen LogP contribution is 2.35. The SMILES string of the molecule is Cc1cc(NC(=O)Nc2cccc(Nc3ccc4c(c3)NC(=O)C4=Cc3ccc[nH]3)c2)c(C)o1. The number of carbonyl (C=O) groups excluding carboxylic acids is 2. The van der Waals surface area contributed by atoms with E-state index in [1.807, 2.05) is 67.7 Å². The van der Waals surface area contributed by atoms with Crippen LogP contribution in [0.5, 0.6) is 0 Å². The number of amides is 3. The molecule has 3 heterocycles. The van der Waals surface area contributed by atoms with Crippen LogP contribution < -0.4 is 21.3 Å². The van der Waals surface area contributed by atoms with Gasteiger partial charge in [0.2, 0.25) is 0 Å². The van der Waals surface area contributed by atoms with Crippen LogP contribution in [0.15, 0.2) is 71.3 Å². The molecule has 2 aromatic heterocycles. The lowest BCUT2D eigenvalue weighted by molar-refractivity contribution is -0.110. The molecule has 0 atom stereocenters. The Labute approximate surface area is 196 Å². The Balaban J connectivity index is 1.29. The topological polar surface area (TPSA) is 111 Å². The highest BCUT2D eigenvalue weighted by Gasteiger charge is 2.24. The third kappa shape index (κ3) is 4.42. The van der Waals surface area contributed by atoms with Crippen LogP contribution in [0.2, 0.25) is 0 Å². The second-order valence-corrected chi connectivity index (χ2v) is 8.01. The van der Waals surface area contributed by atoms with Gasteiger partial charge in [-0.1, -0.05) is 12.1 Å². The van der Waals surface area contributed by atoms with E-state index in [1.54, 1.807) is 19.1 Å². The summed E-state index contributed by atoms with van der Waals surface area (Å²) in [6, 6.07) is 18.3. The molecule has 4 aromatic rings. The van der Waals surface area contributed by atoms with Crippen LogP contribution in [0.3, 0.4) is 0 Å². The van der Waals surface area contributed by atoms with Crippen molar-refractivity contribution in [2.75, 3.05) is 21.3 Å². The van der Waals surface area contributed by atoms with E-state index < -0.39 is 0 Å². The molecule has 0 spiro atoms. The molecule has 0 fully saturated rings. The number of aromatic nitrogens is 1. The van der Waals surface area contributed by atoms with Crippen LogP contribution in [0.25, 0.3) is 11.6 Å². The van der Waals surface area contributed by atoms with E-state index in [2.05, 4.69) is 26.3 Å². The molecular formula is C26H23N5O3. The summed E-state index contributed by atoms with van der Waals surface area (Å²) in [5.41, 5.74) is 5.94. The fourth-order valence-corrected chi connectivity index (χ4v) is 3.89. The van der Waals surface area contributed by atoms with Gasteiger partial charge in [-0.05, 0) is 62.4 Å². The minimum Gasteiger partial charge on any atom is -0.464 e. The normalized spacial score (nSPS) is 13.5. The van der Waals surface area contributed by atoms with Gasteiger partial charge in [-0.15, -0.1) is 0 Å². The molecule has 0 aliphatic carbocycles. The second kappa shape index (κ2) is 8.67. The maximum atomic E-state index is 12.5. The Morgan fingerprint density at radius 3 is 2.53 bits per heavy atom. The van der Waals surface area contributed by atoms with Crippen molar-refractivity contribution in [3.63, 3.8) is 0 Å². The Bertz CT molecular complexity index is 1420. The average Bonchev–Trinajstić information content (AvgIpc) is 3.49. The third-order valence-corrected chi connectivity index (χ3v) is 5.42. The summed E-state index contributed by atoms with van der Waals surface area (Å²) in [7, 11) is 0. The van der Waals surface area contributed by atoms with Crippen molar-refractivity contribution < 1.29 is 14.0 Å². The molecule has 2 aromatic carbocycles. The number of nitrogens with one attached hydrogen (secondary N) is 5. The van der Waals surface area contributed by atoms with Crippen molar-refractivity contribution >= 4 is 52.0 Å². The summed E-state index contributed by atoms with van der Waals surface area (Å²) in [6.45, 7) is 3.62. The standard InChI is InChI=1S/C26H23N5O3/c1-15-11-23(16(2)34-15)31-26(33)29-19-6-3-5-18(12-19)28-20-8-9-21-22(13-17-7-4-10-27-17)25(32)30-24(21)14-20/h3-14,27-28H,1-2H3,(H,30,32)(H2,29,31,33). The molecule has 1 aliphatic heterocycles. The molecule has 8 nitrogen and oxygen atoms in total. The van der Waals surface area contributed by atoms with Gasteiger partial charge in [-0.2, -0.15) is 0 Å². The van der Waals surface area contributed by atoms with Gasteiger partial charge in [0.1, 0.15) is 11.5 Å². The Hall–Kier alpha value is -4.72. The fraction of sp³-hybridized carbons (Fsp3) is 0.0769. The minimum atomic E-state index is -0.359. The van der Waals surface area contributed by atoms with Crippen LogP contribution >= 0.6 is 0 Å². The van der Waals surface area contributed by atoms with Gasteiger partial charge >= 0.3 is 6.03 Å². The lowest BCUT2D eigenvalue weighted by Crippen LogP contribution is -2.19. The molecule has 8 heteroatoms. The summed E-state index contributed by atoms with van der Waals surface area (Å²) < 4.78 is 5.44. The van der Waals surface area contributed by atoms with E-state index in [4.69, 9.17) is 4.42 Å². The number of hydrogen-bond acceptors (Lipinski definition) is 4. The maximum Gasteiger partial charge on any atom is 0.323 e. The molecular weight excluding hydrogens is 430 g/mol. The number of aryl methyl sites for hydroxylation is 2. The van der Waals surface area contributed by atoms with Crippen LogP contribution in [-0.4, -0.2) is 16.9 Å². The average molecular weight is 454 g/mol. The van der Waals surface area contributed by atoms with E-state index in [0.717, 1.165) is 34.1 Å². The summed E-state index contributed by atoms with van der Waals surface area (Å²) in [5.74, 6) is 1.25. The zero-order chi connectivity index (χ0) is 23.7. The van der Waals surface area contributed by atoms with E-state index >= 15 is 0 Å². The molecule has 34 heavy (non-hydrogen) atoms. The molecule has 0 saturated carbocycles. The summed E-state index contributed by atoms with van der Waals surface area (Å²) in [6.07, 6.45) is 3.65. The van der Waals surface area contributed by atoms with Crippen molar-refractivity contribution in [1.82, 2.24) is 4.98 Å². The summed E-state index contributed by atoms with van der Waals surface area (Å²) in [5, 5.41) is 11.9. The Morgan fingerprint density at radius 1 is 0.941 bits per heavy atom. The number of furan rings is 1. The van der Waals surface area contributed by atoms with E-state index in [0.29, 0.717) is 22.7 Å². The third-order valence-electron chi connectivity index (χ3n) is 5.42. The Morgan fingerprint density at radius 2 is 1.76 bits per heavy atom. The van der Waals surface area contributed by atoms with Crippen molar-refractivity contribution in [2.24, 2.45) is 0 Å². The van der Waals surface area contributed by atoms with Crippen LogP contribution in [0.1, 0.15) is 22.8 Å². The molecule has 0 unspecified atom stereocenters. The number of fused-ring (bicyclic) bond motifs is 1. The number of benzene rings is 2. The van der Waals surface area contributed by atoms with E-state index in [-0.39, 0.29) is 11.9 Å². The lowest BCUT2D eigenvalue weighted by atomic mass is 10.1. The predicted molar refractivity (Wildman–Crippen MR) is 134 cm³/mol. The fourth-order valence-electron chi connectivity index (χ4n) is 3.89. The van der Waals surface area contributed by atoms with Gasteiger partial charge in [0.05, 0.1) is 16.9 Å². The number of rotatable bonds is 5. The highest BCUT2D eigenvalue weighted by atomic mass is 16.3. The van der Waals surface area contributed by atoms with Crippen molar-refractivity contribution in [3.05, 3.63) is 89.6 Å². The number of urea groups is 1. The molecule has 0 bridgehead atoms. The summed E-state index contributed by atoms with van der Waals surface area (Å²) in [4.78, 5) is 27.9. The molecule has 5 N–H and O–H groups in total. The number of H-pyrrole nitrogens is 1. The molecule has 1 aliphatic rings. The van der Waals surface area contributed by atoms with Crippen molar-refractivity contribution in [3.8, 4) is 0 Å². The highest BCUT2D eigenvalue weighted by molar-refractivity contribution is 6.35. The number of carbonyl (C=O) groups is 2. The zero-order valence-electron chi connectivity index (χ0n) is 18.7. The van der Waals surface area contributed by atoms with Crippen molar-refractivity contribution in [1.29, 1.82) is 0 Å². The van der Waals surface area contributed by atoms with Crippen LogP contribution in [-0.2, 0) is 4.79 Å². The zero-order valence-corrected chi connectivity index (χ0v) is 18.7. The first-order valence-electron chi connectivity index (χ1n) is 10.8. The first-order valence-corrected chi connectivity index (χ1v) is 10.8. The van der Waals surface area contributed by atoms with Crippen LogP contribution in [0.4, 0.5) is 33.2 Å². The molecule has 0 radical (unpaired) electrons. The molecule has 0 saturated heterocycles. The minimum absolute atomic E-state index is 0.137. The molecule has 3 amide bonds. The monoisotopic (exact) mass is 453 g/mol. The lowest BCUT2D eigenvalue weighted by Gasteiger charge is -2.11. The van der Waals surface area contributed by atoms with Gasteiger partial charge in [-0.3, -0.25) is 4.79 Å². The first-order chi connectivity index (χ1) is 16.4. The van der Waals surface area contributed by atoms with Gasteiger partial charge in [0, 0.05) is 40.6 Å². The molecule has 5 rings (SSSR count). The molecule has 170 valence electrons. The van der Waals surface area contributed by atoms with Crippen LogP contribution in [0, 0.1) is 13.8 Å². The number of hydrogen-bond donors (Lipinski definition) is 5. The quantitative estimate of drug-likeness (QED) is 0.235. The van der Waals surface area contributed by atoms with E-state index in [1.165, 1.54) is 0 Å². The first kappa shape index (κ1) is 21.1.